The molecule has 2 heteroatoms. The number of halogens is 1. The molecule has 17 heavy (non-hydrogen) atoms. The average Bonchev–Trinajstić information content (AvgIpc) is 2.70. The second kappa shape index (κ2) is 3.78. The minimum absolute atomic E-state index is 0.0428. The van der Waals surface area contributed by atoms with E-state index in [1.165, 1.54) is 16.8 Å². The van der Waals surface area contributed by atoms with Crippen LogP contribution < -0.4 is 5.32 Å². The van der Waals surface area contributed by atoms with E-state index in [9.17, 15) is 0 Å². The van der Waals surface area contributed by atoms with Crippen LogP contribution in [0, 0.1) is 0 Å². The average molecular weight is 244 g/mol. The van der Waals surface area contributed by atoms with Crippen LogP contribution in [0.3, 0.4) is 0 Å². The van der Waals surface area contributed by atoms with Gasteiger partial charge in [0.1, 0.15) is 0 Å². The summed E-state index contributed by atoms with van der Waals surface area (Å²) in [7, 11) is 0. The van der Waals surface area contributed by atoms with Gasteiger partial charge < -0.3 is 5.32 Å². The van der Waals surface area contributed by atoms with Gasteiger partial charge in [0.15, 0.2) is 0 Å². The van der Waals surface area contributed by atoms with Gasteiger partial charge in [-0.3, -0.25) is 0 Å². The van der Waals surface area contributed by atoms with E-state index in [0.29, 0.717) is 0 Å². The fraction of sp³-hybridized carbons (Fsp3) is 0.200. The van der Waals surface area contributed by atoms with Crippen molar-refractivity contribution in [3.05, 3.63) is 64.7 Å². The molecule has 0 aromatic heterocycles. The number of benzene rings is 2. The summed E-state index contributed by atoms with van der Waals surface area (Å²) in [6.45, 7) is 3.21. The van der Waals surface area contributed by atoms with Gasteiger partial charge >= 0.3 is 0 Å². The van der Waals surface area contributed by atoms with Crippen LogP contribution in [-0.4, -0.2) is 6.54 Å². The Morgan fingerprint density at radius 2 is 1.76 bits per heavy atom. The van der Waals surface area contributed by atoms with Gasteiger partial charge in [-0.25, -0.2) is 0 Å². The summed E-state index contributed by atoms with van der Waals surface area (Å²) in [6.07, 6.45) is 0. The molecule has 0 fully saturated rings. The minimum atomic E-state index is 0.0428. The summed E-state index contributed by atoms with van der Waals surface area (Å²) in [5.74, 6) is 0. The second-order valence-electron chi connectivity index (χ2n) is 4.74. The number of rotatable bonds is 1. The predicted octanol–water partition coefficient (Wildman–Crippen LogP) is 4.07. The van der Waals surface area contributed by atoms with E-state index in [-0.39, 0.29) is 5.41 Å². The van der Waals surface area contributed by atoms with Crippen LogP contribution in [0.4, 0.5) is 5.69 Å². The Labute approximate surface area is 106 Å². The maximum Gasteiger partial charge on any atom is 0.0406 e. The lowest BCUT2D eigenvalue weighted by Crippen LogP contribution is -2.25. The van der Waals surface area contributed by atoms with Gasteiger partial charge in [-0.1, -0.05) is 41.9 Å². The monoisotopic (exact) mass is 243 g/mol. The number of fused-ring (bicyclic) bond motifs is 1. The van der Waals surface area contributed by atoms with Crippen LogP contribution in [-0.2, 0) is 5.41 Å². The zero-order valence-electron chi connectivity index (χ0n) is 9.70. The Morgan fingerprint density at radius 1 is 1.06 bits per heavy atom. The minimum Gasteiger partial charge on any atom is -0.384 e. The molecule has 0 saturated heterocycles. The Hall–Kier alpha value is -1.47. The maximum atomic E-state index is 5.95. The van der Waals surface area contributed by atoms with E-state index < -0.39 is 0 Å². The van der Waals surface area contributed by atoms with Gasteiger partial charge in [0, 0.05) is 22.7 Å². The second-order valence-corrected chi connectivity index (χ2v) is 5.17. The zero-order chi connectivity index (χ0) is 11.9. The molecule has 86 valence electrons. The van der Waals surface area contributed by atoms with Crippen LogP contribution in [0.1, 0.15) is 18.1 Å². The van der Waals surface area contributed by atoms with Crippen molar-refractivity contribution < 1.29 is 0 Å². The summed E-state index contributed by atoms with van der Waals surface area (Å²) in [5.41, 5.74) is 3.95. The number of nitrogens with one attached hydrogen (secondary N) is 1. The van der Waals surface area contributed by atoms with Crippen molar-refractivity contribution in [2.45, 2.75) is 12.3 Å². The molecule has 0 saturated carbocycles. The third-order valence-corrected chi connectivity index (χ3v) is 3.89. The molecule has 1 aliphatic heterocycles. The van der Waals surface area contributed by atoms with Gasteiger partial charge in [-0.2, -0.15) is 0 Å². The standard InChI is InChI=1S/C15H14ClN/c1-15(11-6-8-12(16)9-7-11)10-17-14-5-3-2-4-13(14)15/h2-9,17H,10H2,1H3. The number of anilines is 1. The molecule has 1 aliphatic rings. The highest BCUT2D eigenvalue weighted by Gasteiger charge is 2.35. The van der Waals surface area contributed by atoms with Crippen molar-refractivity contribution in [2.75, 3.05) is 11.9 Å². The number of hydrogen-bond donors (Lipinski definition) is 1. The van der Waals surface area contributed by atoms with Gasteiger partial charge in [0.2, 0.25) is 0 Å². The topological polar surface area (TPSA) is 12.0 Å². The first kappa shape index (κ1) is 10.7. The SMILES string of the molecule is CC1(c2ccc(Cl)cc2)CNc2ccccc21. The van der Waals surface area contributed by atoms with Crippen LogP contribution in [0.2, 0.25) is 5.02 Å². The smallest absolute Gasteiger partial charge is 0.0406 e. The summed E-state index contributed by atoms with van der Waals surface area (Å²) in [4.78, 5) is 0. The van der Waals surface area contributed by atoms with Gasteiger partial charge in [0.25, 0.3) is 0 Å². The summed E-state index contributed by atoms with van der Waals surface area (Å²) in [6, 6.07) is 16.7. The molecule has 2 aromatic rings. The zero-order valence-corrected chi connectivity index (χ0v) is 10.5. The highest BCUT2D eigenvalue weighted by Crippen LogP contribution is 2.41. The van der Waals surface area contributed by atoms with Crippen LogP contribution in [0.15, 0.2) is 48.5 Å². The molecular weight excluding hydrogens is 230 g/mol. The van der Waals surface area contributed by atoms with E-state index in [2.05, 4.69) is 48.6 Å². The van der Waals surface area contributed by atoms with Crippen molar-refractivity contribution in [2.24, 2.45) is 0 Å². The molecule has 2 aromatic carbocycles. The molecule has 0 aliphatic carbocycles. The Bertz CT molecular complexity index is 547. The highest BCUT2D eigenvalue weighted by atomic mass is 35.5. The molecule has 1 N–H and O–H groups in total. The lowest BCUT2D eigenvalue weighted by molar-refractivity contribution is 0.636. The maximum absolute atomic E-state index is 5.95. The highest BCUT2D eigenvalue weighted by molar-refractivity contribution is 6.30. The van der Waals surface area contributed by atoms with Gasteiger partial charge in [0.05, 0.1) is 0 Å². The van der Waals surface area contributed by atoms with Crippen LogP contribution in [0.5, 0.6) is 0 Å². The van der Waals surface area contributed by atoms with E-state index in [1.54, 1.807) is 0 Å². The van der Waals surface area contributed by atoms with Crippen molar-refractivity contribution >= 4 is 17.3 Å². The summed E-state index contributed by atoms with van der Waals surface area (Å²) >= 11 is 5.95. The largest absolute Gasteiger partial charge is 0.384 e. The van der Waals surface area contributed by atoms with Gasteiger partial charge in [-0.15, -0.1) is 0 Å². The molecule has 0 spiro atoms. The van der Waals surface area contributed by atoms with E-state index in [0.717, 1.165) is 11.6 Å². The van der Waals surface area contributed by atoms with Crippen molar-refractivity contribution in [3.8, 4) is 0 Å². The van der Waals surface area contributed by atoms with E-state index in [4.69, 9.17) is 11.6 Å². The quantitative estimate of drug-likeness (QED) is 0.796. The Kier molecular flexibility index (Phi) is 2.37. The number of para-hydroxylation sites is 1. The predicted molar refractivity (Wildman–Crippen MR) is 72.8 cm³/mol. The molecule has 3 rings (SSSR count). The first-order chi connectivity index (χ1) is 8.20. The Balaban J connectivity index is 2.12. The first-order valence-electron chi connectivity index (χ1n) is 5.79. The molecule has 0 radical (unpaired) electrons. The summed E-state index contributed by atoms with van der Waals surface area (Å²) < 4.78 is 0. The van der Waals surface area contributed by atoms with E-state index in [1.807, 2.05) is 12.1 Å². The third kappa shape index (κ3) is 1.62. The van der Waals surface area contributed by atoms with Crippen molar-refractivity contribution in [1.82, 2.24) is 0 Å². The lowest BCUT2D eigenvalue weighted by atomic mass is 9.78. The van der Waals surface area contributed by atoms with Gasteiger partial charge in [-0.05, 0) is 36.2 Å². The molecule has 1 unspecified atom stereocenters. The lowest BCUT2D eigenvalue weighted by Gasteiger charge is -2.24. The third-order valence-electron chi connectivity index (χ3n) is 3.64. The van der Waals surface area contributed by atoms with Crippen molar-refractivity contribution in [3.63, 3.8) is 0 Å². The Morgan fingerprint density at radius 3 is 2.53 bits per heavy atom. The van der Waals surface area contributed by atoms with E-state index >= 15 is 0 Å². The fourth-order valence-electron chi connectivity index (χ4n) is 2.56. The molecular formula is C15H14ClN. The first-order valence-corrected chi connectivity index (χ1v) is 6.17. The fourth-order valence-corrected chi connectivity index (χ4v) is 2.69. The van der Waals surface area contributed by atoms with Crippen LogP contribution >= 0.6 is 11.6 Å². The van der Waals surface area contributed by atoms with Crippen molar-refractivity contribution in [1.29, 1.82) is 0 Å². The molecule has 1 atom stereocenters. The molecule has 0 amide bonds. The molecule has 1 nitrogen and oxygen atoms in total. The normalized spacial score (nSPS) is 22.0. The molecule has 1 heterocycles. The summed E-state index contributed by atoms with van der Waals surface area (Å²) in [5, 5.41) is 4.26. The number of hydrogen-bond acceptors (Lipinski definition) is 1. The molecule has 0 bridgehead atoms. The van der Waals surface area contributed by atoms with Crippen LogP contribution in [0.25, 0.3) is 0 Å².